The molecule has 9 heteroatoms. The van der Waals surface area contributed by atoms with Gasteiger partial charge < -0.3 is 9.72 Å². The molecule has 5 heterocycles. The zero-order valence-electron chi connectivity index (χ0n) is 28.6. The molecule has 5 aromatic rings. The molecule has 0 radical (unpaired) electrons. The second kappa shape index (κ2) is 13.5. The van der Waals surface area contributed by atoms with E-state index in [1.54, 1.807) is 10.6 Å². The number of carbonyl (C=O) groups is 1. The molecule has 9 nitrogen and oxygen atoms in total. The molecule has 1 fully saturated rings. The van der Waals surface area contributed by atoms with E-state index in [9.17, 15) is 4.79 Å². The van der Waals surface area contributed by atoms with Crippen molar-refractivity contribution in [2.75, 3.05) is 39.3 Å². The number of hydrogen-bond acceptors (Lipinski definition) is 6. The highest BCUT2D eigenvalue weighted by Gasteiger charge is 2.29. The number of allylic oxidation sites excluding steroid dienone is 2. The summed E-state index contributed by atoms with van der Waals surface area (Å²) >= 11 is 0. The summed E-state index contributed by atoms with van der Waals surface area (Å²) in [5, 5.41) is 1.06. The van der Waals surface area contributed by atoms with Crippen LogP contribution in [0.4, 0.5) is 0 Å². The lowest BCUT2D eigenvalue weighted by molar-refractivity contribution is 0.0971. The van der Waals surface area contributed by atoms with E-state index in [4.69, 9.17) is 14.7 Å². The lowest BCUT2D eigenvalue weighted by atomic mass is 9.84. The standard InChI is InChI=1S/C39H45N7O2/c1-25(2)32-12-8-9-29(41-32)22-28-21-27(5)37(36-31-10-6-7-11-33(31)42-38(28)36)43-39(47)34-24-40-35-23-30(13-14-46(34)35)48-20-19-44-15-17-45(18-16-44)26(3)4/h6-14,21,23-26,28,42H,15-20,22H2,1-5H3. The molecule has 0 bridgehead atoms. The number of para-hydroxylation sites is 1. The maximum atomic E-state index is 13.8. The summed E-state index contributed by atoms with van der Waals surface area (Å²) < 4.78 is 7.89. The van der Waals surface area contributed by atoms with Gasteiger partial charge in [-0.1, -0.05) is 44.2 Å². The third-order valence-corrected chi connectivity index (χ3v) is 9.75. The Labute approximate surface area is 282 Å². The minimum Gasteiger partial charge on any atom is -0.492 e. The maximum absolute atomic E-state index is 13.8. The summed E-state index contributed by atoms with van der Waals surface area (Å²) in [6, 6.07) is 18.9. The van der Waals surface area contributed by atoms with E-state index in [0.717, 1.165) is 84.0 Å². The number of aromatic nitrogens is 4. The minimum atomic E-state index is -0.333. The second-order valence-corrected chi connectivity index (χ2v) is 13.6. The number of fused-ring (bicyclic) bond motifs is 4. The average Bonchev–Trinajstić information content (AvgIpc) is 3.69. The molecule has 1 aliphatic heterocycles. The van der Waals surface area contributed by atoms with Gasteiger partial charge in [0, 0.05) is 96.9 Å². The molecule has 1 aliphatic carbocycles. The van der Waals surface area contributed by atoms with Gasteiger partial charge in [0.2, 0.25) is 0 Å². The number of piperazine rings is 1. The van der Waals surface area contributed by atoms with Crippen molar-refractivity contribution >= 4 is 28.2 Å². The molecule has 248 valence electrons. The molecule has 1 unspecified atom stereocenters. The van der Waals surface area contributed by atoms with Crippen LogP contribution in [0.2, 0.25) is 0 Å². The number of amides is 1. The Hall–Kier alpha value is -4.60. The van der Waals surface area contributed by atoms with Gasteiger partial charge in [0.05, 0.1) is 11.9 Å². The van der Waals surface area contributed by atoms with Crippen LogP contribution >= 0.6 is 0 Å². The zero-order chi connectivity index (χ0) is 33.4. The molecule has 1 amide bonds. The van der Waals surface area contributed by atoms with Crippen LogP contribution in [0.15, 0.2) is 83.6 Å². The number of hydrogen-bond donors (Lipinski definition) is 1. The van der Waals surface area contributed by atoms with Crippen LogP contribution in [0.25, 0.3) is 16.6 Å². The van der Waals surface area contributed by atoms with Crippen molar-refractivity contribution in [3.05, 3.63) is 107 Å². The van der Waals surface area contributed by atoms with E-state index in [1.807, 2.05) is 37.4 Å². The molecule has 1 aromatic carbocycles. The fourth-order valence-corrected chi connectivity index (χ4v) is 6.99. The Kier molecular flexibility index (Phi) is 8.98. The number of pyridine rings is 2. The van der Waals surface area contributed by atoms with E-state index in [-0.39, 0.29) is 11.8 Å². The first-order valence-electron chi connectivity index (χ1n) is 17.2. The second-order valence-electron chi connectivity index (χ2n) is 13.6. The summed E-state index contributed by atoms with van der Waals surface area (Å²) in [5.74, 6) is 0.852. The molecule has 0 spiro atoms. The van der Waals surface area contributed by atoms with Crippen LogP contribution in [0.1, 0.15) is 79.6 Å². The maximum Gasteiger partial charge on any atom is 0.296 e. The van der Waals surface area contributed by atoms with Gasteiger partial charge in [-0.25, -0.2) is 9.98 Å². The fraction of sp³-hybridized carbons (Fsp3) is 0.385. The van der Waals surface area contributed by atoms with Crippen LogP contribution < -0.4 is 4.74 Å². The van der Waals surface area contributed by atoms with Crippen LogP contribution in [0.3, 0.4) is 0 Å². The van der Waals surface area contributed by atoms with Crippen molar-refractivity contribution in [2.24, 2.45) is 4.99 Å². The number of nitrogens with one attached hydrogen (secondary N) is 1. The van der Waals surface area contributed by atoms with Gasteiger partial charge in [0.15, 0.2) is 0 Å². The predicted octanol–water partition coefficient (Wildman–Crippen LogP) is 6.65. The highest BCUT2D eigenvalue weighted by molar-refractivity contribution is 6.24. The highest BCUT2D eigenvalue weighted by atomic mass is 16.5. The van der Waals surface area contributed by atoms with E-state index < -0.39 is 0 Å². The topological polar surface area (TPSA) is 91.1 Å². The summed E-state index contributed by atoms with van der Waals surface area (Å²) in [5.41, 5.74) is 7.95. The van der Waals surface area contributed by atoms with Crippen LogP contribution in [-0.4, -0.2) is 86.1 Å². The number of aliphatic imine (C=N–C) groups is 1. The summed E-state index contributed by atoms with van der Waals surface area (Å²) in [7, 11) is 0. The van der Waals surface area contributed by atoms with Gasteiger partial charge in [0.25, 0.3) is 5.91 Å². The predicted molar refractivity (Wildman–Crippen MR) is 192 cm³/mol. The molecule has 1 atom stereocenters. The van der Waals surface area contributed by atoms with Gasteiger partial charge in [-0.05, 0) is 56.5 Å². The van der Waals surface area contributed by atoms with Gasteiger partial charge in [-0.2, -0.15) is 0 Å². The molecular weight excluding hydrogens is 598 g/mol. The molecule has 48 heavy (non-hydrogen) atoms. The van der Waals surface area contributed by atoms with Crippen LogP contribution in [-0.2, 0) is 6.42 Å². The number of carbonyl (C=O) groups excluding carboxylic acids is 1. The van der Waals surface area contributed by atoms with Crippen molar-refractivity contribution in [2.45, 2.75) is 58.9 Å². The Bertz CT molecular complexity index is 2010. The smallest absolute Gasteiger partial charge is 0.296 e. The Morgan fingerprint density at radius 3 is 2.65 bits per heavy atom. The first-order chi connectivity index (χ1) is 23.2. The summed E-state index contributed by atoms with van der Waals surface area (Å²) in [6.45, 7) is 16.7. The number of imidazole rings is 1. The first-order valence-corrected chi connectivity index (χ1v) is 17.2. The Balaban J connectivity index is 1.11. The Morgan fingerprint density at radius 2 is 1.85 bits per heavy atom. The van der Waals surface area contributed by atoms with Crippen LogP contribution in [0.5, 0.6) is 5.75 Å². The van der Waals surface area contributed by atoms with Crippen LogP contribution in [0, 0.1) is 0 Å². The van der Waals surface area contributed by atoms with Crippen molar-refractivity contribution in [3.8, 4) is 5.75 Å². The fourth-order valence-electron chi connectivity index (χ4n) is 6.99. The molecule has 0 saturated carbocycles. The van der Waals surface area contributed by atoms with E-state index >= 15 is 0 Å². The number of rotatable bonds is 9. The van der Waals surface area contributed by atoms with Gasteiger partial charge in [-0.15, -0.1) is 0 Å². The summed E-state index contributed by atoms with van der Waals surface area (Å²) in [4.78, 5) is 36.7. The lowest BCUT2D eigenvalue weighted by Crippen LogP contribution is -2.49. The quantitative estimate of drug-likeness (QED) is 0.193. The summed E-state index contributed by atoms with van der Waals surface area (Å²) in [6.07, 6.45) is 6.43. The van der Waals surface area contributed by atoms with Crippen molar-refractivity contribution in [1.29, 1.82) is 0 Å². The number of benzene rings is 1. The van der Waals surface area contributed by atoms with Gasteiger partial charge in [0.1, 0.15) is 23.7 Å². The van der Waals surface area contributed by atoms with E-state index in [2.05, 4.69) is 83.9 Å². The minimum absolute atomic E-state index is 0.0789. The lowest BCUT2D eigenvalue weighted by Gasteiger charge is -2.36. The molecule has 1 saturated heterocycles. The number of aromatic amines is 1. The molecule has 2 aliphatic rings. The normalized spacial score (nSPS) is 18.3. The largest absolute Gasteiger partial charge is 0.492 e. The average molecular weight is 644 g/mol. The SMILES string of the molecule is CC1=CC(Cc2cccc(C(C)C)n2)c2[nH]c3ccccc3c2C1=NC(=O)c1cnc2cc(OCCN3CCN(C(C)C)CC3)ccn12. The van der Waals surface area contributed by atoms with Crippen molar-refractivity contribution < 1.29 is 9.53 Å². The number of nitrogens with zero attached hydrogens (tertiary/aromatic N) is 6. The molecular formula is C39H45N7O2. The third kappa shape index (κ3) is 6.44. The molecule has 7 rings (SSSR count). The van der Waals surface area contributed by atoms with Gasteiger partial charge >= 0.3 is 0 Å². The zero-order valence-corrected chi connectivity index (χ0v) is 28.6. The first kappa shape index (κ1) is 32.0. The van der Waals surface area contributed by atoms with Gasteiger partial charge in [-0.3, -0.25) is 24.0 Å². The van der Waals surface area contributed by atoms with Crippen molar-refractivity contribution in [3.63, 3.8) is 0 Å². The number of ether oxygens (including phenoxy) is 1. The van der Waals surface area contributed by atoms with E-state index in [0.29, 0.717) is 35.6 Å². The van der Waals surface area contributed by atoms with E-state index in [1.165, 1.54) is 0 Å². The Morgan fingerprint density at radius 1 is 1.04 bits per heavy atom. The third-order valence-electron chi connectivity index (χ3n) is 9.75. The highest BCUT2D eigenvalue weighted by Crippen LogP contribution is 2.37. The molecule has 1 N–H and O–H groups in total. The number of H-pyrrole nitrogens is 1. The van der Waals surface area contributed by atoms with Crippen molar-refractivity contribution in [1.82, 2.24) is 29.2 Å². The molecule has 4 aromatic heterocycles. The monoisotopic (exact) mass is 643 g/mol.